The number of aliphatic carboxylic acids is 1. The van der Waals surface area contributed by atoms with Gasteiger partial charge in [-0.3, -0.25) is 4.79 Å². The number of hydrogen-bond acceptors (Lipinski definition) is 5. The van der Waals surface area contributed by atoms with Gasteiger partial charge < -0.3 is 10.9 Å². The molecule has 7 heteroatoms. The van der Waals surface area contributed by atoms with Gasteiger partial charge in [0.25, 0.3) is 0 Å². The Bertz CT molecular complexity index is 339. The van der Waals surface area contributed by atoms with Crippen molar-refractivity contribution in [3.63, 3.8) is 0 Å². The van der Waals surface area contributed by atoms with Crippen LogP contribution < -0.4 is 5.84 Å². The van der Waals surface area contributed by atoms with Crippen molar-refractivity contribution in [2.75, 3.05) is 11.6 Å². The fraction of sp³-hybridized carbons (Fsp3) is 0.625. The van der Waals surface area contributed by atoms with E-state index in [1.54, 1.807) is 0 Å². The number of rotatable bonds is 6. The summed E-state index contributed by atoms with van der Waals surface area (Å²) in [5.74, 6) is 6.10. The first kappa shape index (κ1) is 11.8. The van der Waals surface area contributed by atoms with Crippen LogP contribution in [0, 0.1) is 0 Å². The topological polar surface area (TPSA) is 94.0 Å². The molecule has 1 aromatic heterocycles. The molecule has 0 unspecified atom stereocenters. The number of hydrogen-bond donors (Lipinski definition) is 2. The Hall–Kier alpha value is -1.24. The highest BCUT2D eigenvalue weighted by atomic mass is 32.2. The normalized spacial score (nSPS) is 10.5. The van der Waals surface area contributed by atoms with E-state index in [1.807, 2.05) is 6.92 Å². The monoisotopic (exact) mass is 230 g/mol. The molecule has 0 aliphatic heterocycles. The van der Waals surface area contributed by atoms with Gasteiger partial charge in [-0.25, -0.2) is 4.68 Å². The van der Waals surface area contributed by atoms with E-state index < -0.39 is 5.97 Å². The highest BCUT2D eigenvalue weighted by Gasteiger charge is 2.09. The Kier molecular flexibility index (Phi) is 4.41. The molecule has 15 heavy (non-hydrogen) atoms. The Morgan fingerprint density at radius 3 is 2.93 bits per heavy atom. The van der Waals surface area contributed by atoms with E-state index in [1.165, 1.54) is 16.4 Å². The third-order valence-electron chi connectivity index (χ3n) is 1.76. The summed E-state index contributed by atoms with van der Waals surface area (Å²) in [4.78, 5) is 10.3. The van der Waals surface area contributed by atoms with E-state index in [9.17, 15) is 4.79 Å². The van der Waals surface area contributed by atoms with Crippen molar-refractivity contribution in [1.82, 2.24) is 14.9 Å². The molecule has 0 bridgehead atoms. The molecule has 0 radical (unpaired) electrons. The minimum absolute atomic E-state index is 0.0979. The van der Waals surface area contributed by atoms with Crippen molar-refractivity contribution in [3.8, 4) is 0 Å². The molecule has 3 N–H and O–H groups in total. The van der Waals surface area contributed by atoms with Crippen LogP contribution in [0.25, 0.3) is 0 Å². The van der Waals surface area contributed by atoms with Crippen molar-refractivity contribution in [2.45, 2.75) is 31.3 Å². The lowest BCUT2D eigenvalue weighted by Gasteiger charge is -2.01. The summed E-state index contributed by atoms with van der Waals surface area (Å²) in [6.07, 6.45) is 1.83. The summed E-state index contributed by atoms with van der Waals surface area (Å²) < 4.78 is 1.43. The molecule has 0 atom stereocenters. The molecule has 0 aliphatic carbocycles. The van der Waals surface area contributed by atoms with E-state index in [0.29, 0.717) is 10.9 Å². The van der Waals surface area contributed by atoms with Gasteiger partial charge in [0, 0.05) is 12.2 Å². The predicted molar refractivity (Wildman–Crippen MR) is 57.1 cm³/mol. The van der Waals surface area contributed by atoms with Crippen LogP contribution >= 0.6 is 11.8 Å². The number of nitrogen functional groups attached to an aromatic ring is 1. The molecular weight excluding hydrogens is 216 g/mol. The molecule has 0 aromatic carbocycles. The van der Waals surface area contributed by atoms with Crippen LogP contribution in [0.2, 0.25) is 0 Å². The Morgan fingerprint density at radius 2 is 2.33 bits per heavy atom. The van der Waals surface area contributed by atoms with Gasteiger partial charge in [0.05, 0.1) is 6.42 Å². The van der Waals surface area contributed by atoms with Crippen LogP contribution in [0.15, 0.2) is 5.16 Å². The highest BCUT2D eigenvalue weighted by Crippen LogP contribution is 2.15. The number of aromatic nitrogens is 3. The van der Waals surface area contributed by atoms with E-state index >= 15 is 0 Å². The van der Waals surface area contributed by atoms with Gasteiger partial charge in [0.2, 0.25) is 5.16 Å². The van der Waals surface area contributed by atoms with Crippen LogP contribution in [0.4, 0.5) is 0 Å². The van der Waals surface area contributed by atoms with E-state index in [2.05, 4.69) is 10.2 Å². The smallest absolute Gasteiger partial charge is 0.304 e. The van der Waals surface area contributed by atoms with E-state index in [4.69, 9.17) is 10.9 Å². The van der Waals surface area contributed by atoms with Gasteiger partial charge >= 0.3 is 5.97 Å². The molecule has 1 heterocycles. The maximum atomic E-state index is 10.3. The third kappa shape index (κ3) is 3.43. The maximum absolute atomic E-state index is 10.3. The van der Waals surface area contributed by atoms with Gasteiger partial charge in [-0.15, -0.1) is 10.2 Å². The minimum Gasteiger partial charge on any atom is -0.481 e. The quantitative estimate of drug-likeness (QED) is 0.546. The Morgan fingerprint density at radius 1 is 1.60 bits per heavy atom. The molecule has 0 saturated heterocycles. The molecule has 0 aliphatic rings. The van der Waals surface area contributed by atoms with Crippen LogP contribution in [0.5, 0.6) is 0 Å². The second-order valence-corrected chi connectivity index (χ2v) is 4.07. The first-order valence-corrected chi connectivity index (χ1v) is 5.67. The highest BCUT2D eigenvalue weighted by molar-refractivity contribution is 7.99. The third-order valence-corrected chi connectivity index (χ3v) is 2.70. The number of carboxylic acid groups (broad SMARTS) is 1. The summed E-state index contributed by atoms with van der Waals surface area (Å²) in [7, 11) is 0. The zero-order valence-corrected chi connectivity index (χ0v) is 9.33. The zero-order chi connectivity index (χ0) is 11.3. The van der Waals surface area contributed by atoms with Gasteiger partial charge in [0.1, 0.15) is 0 Å². The second-order valence-electron chi connectivity index (χ2n) is 3.01. The summed E-state index contributed by atoms with van der Waals surface area (Å²) >= 11 is 1.31. The average molecular weight is 230 g/mol. The standard InChI is InChI=1S/C8H14N4O2S/c1-2-3-6-10-11-8(12(6)9)15-5-4-7(13)14/h2-5,9H2,1H3,(H,13,14). The summed E-state index contributed by atoms with van der Waals surface area (Å²) in [5, 5.41) is 16.8. The van der Waals surface area contributed by atoms with Crippen molar-refractivity contribution >= 4 is 17.7 Å². The first-order valence-electron chi connectivity index (χ1n) is 4.69. The molecule has 0 fully saturated rings. The lowest BCUT2D eigenvalue weighted by atomic mass is 10.3. The van der Waals surface area contributed by atoms with Crippen LogP contribution in [0.1, 0.15) is 25.6 Å². The van der Waals surface area contributed by atoms with E-state index in [-0.39, 0.29) is 6.42 Å². The fourth-order valence-electron chi connectivity index (χ4n) is 1.03. The number of carbonyl (C=O) groups is 1. The van der Waals surface area contributed by atoms with Gasteiger partial charge in [0.15, 0.2) is 5.82 Å². The van der Waals surface area contributed by atoms with Crippen LogP contribution in [-0.4, -0.2) is 31.7 Å². The van der Waals surface area contributed by atoms with Crippen molar-refractivity contribution < 1.29 is 9.90 Å². The first-order chi connectivity index (χ1) is 7.15. The molecular formula is C8H14N4O2S. The van der Waals surface area contributed by atoms with Crippen LogP contribution in [-0.2, 0) is 11.2 Å². The number of thioether (sulfide) groups is 1. The van der Waals surface area contributed by atoms with Gasteiger partial charge in [-0.05, 0) is 6.42 Å². The van der Waals surface area contributed by atoms with Gasteiger partial charge in [-0.2, -0.15) is 0 Å². The summed E-state index contributed by atoms with van der Waals surface area (Å²) in [6.45, 7) is 2.03. The molecule has 0 saturated carbocycles. The largest absolute Gasteiger partial charge is 0.481 e. The van der Waals surface area contributed by atoms with Crippen molar-refractivity contribution in [1.29, 1.82) is 0 Å². The summed E-state index contributed by atoms with van der Waals surface area (Å²) in [6, 6.07) is 0. The van der Waals surface area contributed by atoms with Crippen molar-refractivity contribution in [2.24, 2.45) is 0 Å². The zero-order valence-electron chi connectivity index (χ0n) is 8.51. The lowest BCUT2D eigenvalue weighted by Crippen LogP contribution is -2.14. The van der Waals surface area contributed by atoms with Gasteiger partial charge in [-0.1, -0.05) is 18.7 Å². The SMILES string of the molecule is CCCc1nnc(SCCC(=O)O)n1N. The number of nitrogens with two attached hydrogens (primary N) is 1. The number of carboxylic acids is 1. The molecule has 0 amide bonds. The molecule has 0 spiro atoms. The molecule has 84 valence electrons. The summed E-state index contributed by atoms with van der Waals surface area (Å²) in [5.41, 5.74) is 0. The number of aryl methyl sites for hydroxylation is 1. The molecule has 6 nitrogen and oxygen atoms in total. The minimum atomic E-state index is -0.820. The Balaban J connectivity index is 2.50. The predicted octanol–water partition coefficient (Wildman–Crippen LogP) is 0.511. The second kappa shape index (κ2) is 5.59. The van der Waals surface area contributed by atoms with Crippen molar-refractivity contribution in [3.05, 3.63) is 5.82 Å². The Labute approximate surface area is 91.8 Å². The maximum Gasteiger partial charge on any atom is 0.304 e. The molecule has 1 aromatic rings. The lowest BCUT2D eigenvalue weighted by molar-refractivity contribution is -0.136. The van der Waals surface area contributed by atoms with Crippen LogP contribution in [0.3, 0.4) is 0 Å². The number of nitrogens with zero attached hydrogens (tertiary/aromatic N) is 3. The van der Waals surface area contributed by atoms with E-state index in [0.717, 1.165) is 18.7 Å². The molecule has 1 rings (SSSR count). The average Bonchev–Trinajstić information content (AvgIpc) is 2.50. The fourth-order valence-corrected chi connectivity index (χ4v) is 1.83.